The van der Waals surface area contributed by atoms with Crippen molar-refractivity contribution in [3.05, 3.63) is 48.0 Å². The fourth-order valence-corrected chi connectivity index (χ4v) is 2.01. The molecule has 0 amide bonds. The number of oxazole rings is 1. The van der Waals surface area contributed by atoms with Gasteiger partial charge < -0.3 is 4.42 Å². The van der Waals surface area contributed by atoms with Crippen LogP contribution in [0.1, 0.15) is 5.56 Å². The van der Waals surface area contributed by atoms with Crippen molar-refractivity contribution in [3.8, 4) is 23.6 Å². The van der Waals surface area contributed by atoms with E-state index in [-0.39, 0.29) is 5.71 Å². The number of hydrogen-bond acceptors (Lipinski definition) is 6. The van der Waals surface area contributed by atoms with Crippen molar-refractivity contribution < 1.29 is 4.42 Å². The average Bonchev–Trinajstić information content (AvgIpc) is 2.99. The minimum atomic E-state index is -0.245. The van der Waals surface area contributed by atoms with Gasteiger partial charge in [0.25, 0.3) is 0 Å². The molecule has 0 atom stereocenters. The van der Waals surface area contributed by atoms with E-state index >= 15 is 0 Å². The maximum absolute atomic E-state index is 8.65. The summed E-state index contributed by atoms with van der Waals surface area (Å²) in [5.74, 6) is 0.537. The molecular weight excluding hydrogens is 290 g/mol. The van der Waals surface area contributed by atoms with Crippen LogP contribution < -0.4 is 5.43 Å². The Bertz CT molecular complexity index is 955. The summed E-state index contributed by atoms with van der Waals surface area (Å²) in [6, 6.07) is 16.5. The molecule has 6 heteroatoms. The van der Waals surface area contributed by atoms with Crippen molar-refractivity contribution in [1.82, 2.24) is 4.98 Å². The SMILES string of the molecule is Cc1ccc(-c2nc3cc(NN=C(C#N)C#N)ccc3o2)cc1. The summed E-state index contributed by atoms with van der Waals surface area (Å²) in [5.41, 5.74) is 6.40. The van der Waals surface area contributed by atoms with E-state index in [2.05, 4.69) is 15.5 Å². The van der Waals surface area contributed by atoms with Crippen molar-refractivity contribution in [1.29, 1.82) is 10.5 Å². The van der Waals surface area contributed by atoms with Crippen LogP contribution in [0.15, 0.2) is 52.0 Å². The van der Waals surface area contributed by atoms with E-state index in [1.54, 1.807) is 30.3 Å². The Labute approximate surface area is 132 Å². The van der Waals surface area contributed by atoms with Gasteiger partial charge in [-0.3, -0.25) is 5.43 Å². The molecule has 0 bridgehead atoms. The molecule has 3 aromatic rings. The van der Waals surface area contributed by atoms with Gasteiger partial charge in [0.2, 0.25) is 11.6 Å². The Morgan fingerprint density at radius 3 is 2.57 bits per heavy atom. The molecule has 1 aromatic heterocycles. The normalized spacial score (nSPS) is 9.87. The summed E-state index contributed by atoms with van der Waals surface area (Å²) in [6.07, 6.45) is 0. The fraction of sp³-hybridized carbons (Fsp3) is 0.0588. The lowest BCUT2D eigenvalue weighted by atomic mass is 10.1. The van der Waals surface area contributed by atoms with Crippen molar-refractivity contribution >= 4 is 22.5 Å². The molecule has 0 saturated carbocycles. The molecule has 0 fully saturated rings. The first kappa shape index (κ1) is 14.3. The van der Waals surface area contributed by atoms with Crippen LogP contribution in [0.2, 0.25) is 0 Å². The molecule has 0 aliphatic carbocycles. The van der Waals surface area contributed by atoms with Gasteiger partial charge in [0, 0.05) is 5.56 Å². The second kappa shape index (κ2) is 6.00. The molecule has 110 valence electrons. The maximum atomic E-state index is 8.65. The van der Waals surface area contributed by atoms with Crippen molar-refractivity contribution in [2.24, 2.45) is 5.10 Å². The smallest absolute Gasteiger partial charge is 0.237 e. The van der Waals surface area contributed by atoms with Gasteiger partial charge in [-0.15, -0.1) is 0 Å². The van der Waals surface area contributed by atoms with Crippen LogP contribution in [0.3, 0.4) is 0 Å². The van der Waals surface area contributed by atoms with Gasteiger partial charge in [-0.25, -0.2) is 4.98 Å². The van der Waals surface area contributed by atoms with Crippen molar-refractivity contribution in [2.45, 2.75) is 6.92 Å². The third kappa shape index (κ3) is 3.02. The predicted molar refractivity (Wildman–Crippen MR) is 86.5 cm³/mol. The number of anilines is 1. The average molecular weight is 301 g/mol. The Kier molecular flexibility index (Phi) is 3.73. The van der Waals surface area contributed by atoms with E-state index in [1.807, 2.05) is 31.2 Å². The van der Waals surface area contributed by atoms with Crippen LogP contribution in [0, 0.1) is 29.6 Å². The maximum Gasteiger partial charge on any atom is 0.237 e. The van der Waals surface area contributed by atoms with Gasteiger partial charge in [-0.1, -0.05) is 17.7 Å². The number of benzene rings is 2. The molecule has 6 nitrogen and oxygen atoms in total. The number of rotatable bonds is 3. The highest BCUT2D eigenvalue weighted by molar-refractivity contribution is 6.10. The summed E-state index contributed by atoms with van der Waals surface area (Å²) < 4.78 is 5.74. The molecule has 2 aromatic carbocycles. The summed E-state index contributed by atoms with van der Waals surface area (Å²) >= 11 is 0. The number of fused-ring (bicyclic) bond motifs is 1. The lowest BCUT2D eigenvalue weighted by Crippen LogP contribution is -1.95. The summed E-state index contributed by atoms with van der Waals surface area (Å²) in [7, 11) is 0. The fourth-order valence-electron chi connectivity index (χ4n) is 2.01. The van der Waals surface area contributed by atoms with Gasteiger partial charge >= 0.3 is 0 Å². The summed E-state index contributed by atoms with van der Waals surface area (Å²) in [6.45, 7) is 2.02. The number of hydrazone groups is 1. The number of aryl methyl sites for hydroxylation is 1. The van der Waals surface area contributed by atoms with Crippen LogP contribution in [0.4, 0.5) is 5.69 Å². The number of hydrogen-bond donors (Lipinski definition) is 1. The first-order valence-electron chi connectivity index (χ1n) is 6.81. The number of aromatic nitrogens is 1. The molecule has 0 radical (unpaired) electrons. The van der Waals surface area contributed by atoms with E-state index in [0.29, 0.717) is 22.7 Å². The zero-order chi connectivity index (χ0) is 16.2. The molecule has 0 unspecified atom stereocenters. The molecule has 1 heterocycles. The zero-order valence-electron chi connectivity index (χ0n) is 12.2. The van der Waals surface area contributed by atoms with E-state index in [4.69, 9.17) is 14.9 Å². The van der Waals surface area contributed by atoms with Gasteiger partial charge in [-0.2, -0.15) is 15.6 Å². The Hall–Kier alpha value is -3.64. The van der Waals surface area contributed by atoms with E-state index in [0.717, 1.165) is 5.56 Å². The summed E-state index contributed by atoms with van der Waals surface area (Å²) in [4.78, 5) is 4.46. The standard InChI is InChI=1S/C17H11N5O/c1-11-2-4-12(5-3-11)17-20-15-8-13(6-7-16(15)23-17)21-22-14(9-18)10-19/h2-8,21H,1H3. The predicted octanol–water partition coefficient (Wildman–Crippen LogP) is 3.62. The summed E-state index contributed by atoms with van der Waals surface area (Å²) in [5, 5.41) is 21.0. The third-order valence-corrected chi connectivity index (χ3v) is 3.19. The van der Waals surface area contributed by atoms with Crippen LogP contribution in [0.25, 0.3) is 22.6 Å². The second-order valence-corrected chi connectivity index (χ2v) is 4.86. The highest BCUT2D eigenvalue weighted by atomic mass is 16.3. The van der Waals surface area contributed by atoms with Crippen LogP contribution in [-0.4, -0.2) is 10.7 Å². The van der Waals surface area contributed by atoms with Crippen molar-refractivity contribution in [3.63, 3.8) is 0 Å². The lowest BCUT2D eigenvalue weighted by Gasteiger charge is -1.97. The molecule has 0 aliphatic rings. The van der Waals surface area contributed by atoms with Gasteiger partial charge in [0.05, 0.1) is 5.69 Å². The Morgan fingerprint density at radius 1 is 1.13 bits per heavy atom. The van der Waals surface area contributed by atoms with Crippen LogP contribution >= 0.6 is 0 Å². The zero-order valence-corrected chi connectivity index (χ0v) is 12.2. The molecule has 0 aliphatic heterocycles. The largest absolute Gasteiger partial charge is 0.436 e. The first-order chi connectivity index (χ1) is 11.2. The molecule has 1 N–H and O–H groups in total. The van der Waals surface area contributed by atoms with E-state index in [1.165, 1.54) is 5.56 Å². The monoisotopic (exact) mass is 301 g/mol. The molecule has 0 spiro atoms. The molecule has 0 saturated heterocycles. The van der Waals surface area contributed by atoms with Crippen LogP contribution in [-0.2, 0) is 0 Å². The lowest BCUT2D eigenvalue weighted by molar-refractivity contribution is 0.620. The minimum Gasteiger partial charge on any atom is -0.436 e. The second-order valence-electron chi connectivity index (χ2n) is 4.86. The minimum absolute atomic E-state index is 0.245. The quantitative estimate of drug-likeness (QED) is 0.588. The molecular formula is C17H11N5O. The highest BCUT2D eigenvalue weighted by Gasteiger charge is 2.08. The van der Waals surface area contributed by atoms with Crippen molar-refractivity contribution in [2.75, 3.05) is 5.43 Å². The third-order valence-electron chi connectivity index (χ3n) is 3.19. The van der Waals surface area contributed by atoms with Gasteiger partial charge in [-0.05, 0) is 37.3 Å². The topological polar surface area (TPSA) is 98.0 Å². The van der Waals surface area contributed by atoms with Crippen LogP contribution in [0.5, 0.6) is 0 Å². The van der Waals surface area contributed by atoms with Gasteiger partial charge in [0.1, 0.15) is 17.7 Å². The molecule has 3 rings (SSSR count). The van der Waals surface area contributed by atoms with E-state index in [9.17, 15) is 0 Å². The number of nitrogens with one attached hydrogen (secondary N) is 1. The Balaban J connectivity index is 1.92. The molecule has 23 heavy (non-hydrogen) atoms. The first-order valence-corrected chi connectivity index (χ1v) is 6.81. The number of nitriles is 2. The highest BCUT2D eigenvalue weighted by Crippen LogP contribution is 2.26. The Morgan fingerprint density at radius 2 is 1.87 bits per heavy atom. The van der Waals surface area contributed by atoms with E-state index < -0.39 is 0 Å². The van der Waals surface area contributed by atoms with Gasteiger partial charge in [0.15, 0.2) is 5.58 Å². The number of nitrogens with zero attached hydrogens (tertiary/aromatic N) is 4.